The van der Waals surface area contributed by atoms with Gasteiger partial charge in [0, 0.05) is 30.5 Å². The molecule has 0 spiro atoms. The normalized spacial score (nSPS) is 10.6. The van der Waals surface area contributed by atoms with Crippen molar-refractivity contribution < 1.29 is 4.79 Å². The fourth-order valence-corrected chi connectivity index (χ4v) is 1.53. The number of H-pyrrole nitrogens is 1. The van der Waals surface area contributed by atoms with Crippen molar-refractivity contribution >= 4 is 11.7 Å². The third-order valence-corrected chi connectivity index (χ3v) is 2.74. The van der Waals surface area contributed by atoms with Crippen LogP contribution in [0.4, 0.5) is 5.82 Å². The van der Waals surface area contributed by atoms with Gasteiger partial charge in [0.05, 0.1) is 6.33 Å². The number of aryl methyl sites for hydroxylation is 1. The molecule has 0 aliphatic heterocycles. The molecule has 0 saturated carbocycles. The maximum absolute atomic E-state index is 11.9. The van der Waals surface area contributed by atoms with Gasteiger partial charge in [-0.3, -0.25) is 9.89 Å². The summed E-state index contributed by atoms with van der Waals surface area (Å²) in [6.45, 7) is 4.94. The molecule has 2 rings (SSSR count). The largest absolute Gasteiger partial charge is 0.335 e. The Morgan fingerprint density at radius 2 is 2.33 bits per heavy atom. The Morgan fingerprint density at radius 1 is 1.56 bits per heavy atom. The number of nitrogens with zero attached hydrogens (tertiary/aromatic N) is 3. The Balaban J connectivity index is 2.09. The minimum atomic E-state index is -0.277. The molecule has 0 atom stereocenters. The average Bonchev–Trinajstić information content (AvgIpc) is 2.92. The van der Waals surface area contributed by atoms with Gasteiger partial charge >= 0.3 is 0 Å². The topological polar surface area (TPSA) is 102 Å². The van der Waals surface area contributed by atoms with Crippen molar-refractivity contribution in [3.8, 4) is 0 Å². The summed E-state index contributed by atoms with van der Waals surface area (Å²) in [7, 11) is 0. The summed E-state index contributed by atoms with van der Waals surface area (Å²) < 4.78 is 1.78. The Kier molecular flexibility index (Phi) is 3.42. The van der Waals surface area contributed by atoms with Gasteiger partial charge in [0.15, 0.2) is 5.82 Å². The number of nitrogens with one attached hydrogen (secondary N) is 2. The highest BCUT2D eigenvalue weighted by Gasteiger charge is 2.13. The average molecular weight is 248 g/mol. The van der Waals surface area contributed by atoms with E-state index in [1.165, 1.54) is 0 Å². The van der Waals surface area contributed by atoms with Crippen LogP contribution in [0.1, 0.15) is 21.7 Å². The minimum Gasteiger partial charge on any atom is -0.335 e. The first kappa shape index (κ1) is 12.3. The van der Waals surface area contributed by atoms with Crippen LogP contribution >= 0.6 is 0 Å². The number of carbonyl (C=O) groups is 1. The molecule has 2 aromatic rings. The number of carbonyl (C=O) groups excluding carboxylic acids is 1. The van der Waals surface area contributed by atoms with Crippen LogP contribution in [0.5, 0.6) is 0 Å². The van der Waals surface area contributed by atoms with Gasteiger partial charge in [0.2, 0.25) is 0 Å². The number of anilines is 1. The highest BCUT2D eigenvalue weighted by Crippen LogP contribution is 2.14. The zero-order chi connectivity index (χ0) is 13.1. The molecule has 96 valence electrons. The van der Waals surface area contributed by atoms with Crippen molar-refractivity contribution in [3.05, 3.63) is 29.5 Å². The summed E-state index contributed by atoms with van der Waals surface area (Å²) >= 11 is 0. The first-order valence-electron chi connectivity index (χ1n) is 5.66. The summed E-state index contributed by atoms with van der Waals surface area (Å²) in [5.41, 5.74) is 7.63. The summed E-state index contributed by atoms with van der Waals surface area (Å²) in [5, 5.41) is 9.54. The van der Waals surface area contributed by atoms with Gasteiger partial charge in [-0.25, -0.2) is 4.98 Å². The maximum atomic E-state index is 11.9. The quantitative estimate of drug-likeness (QED) is 0.730. The van der Waals surface area contributed by atoms with Crippen LogP contribution in [-0.2, 0) is 6.54 Å². The lowest BCUT2D eigenvalue weighted by atomic mass is 10.3. The lowest BCUT2D eigenvalue weighted by Gasteiger charge is -2.00. The van der Waals surface area contributed by atoms with Gasteiger partial charge in [0.25, 0.3) is 5.91 Å². The van der Waals surface area contributed by atoms with Crippen LogP contribution < -0.4 is 11.1 Å². The van der Waals surface area contributed by atoms with Gasteiger partial charge in [-0.15, -0.1) is 0 Å². The van der Waals surface area contributed by atoms with E-state index in [4.69, 9.17) is 5.73 Å². The molecular formula is C11H16N6O. The molecule has 0 fully saturated rings. The van der Waals surface area contributed by atoms with E-state index < -0.39 is 0 Å². The molecule has 4 N–H and O–H groups in total. The Bertz CT molecular complexity index is 556. The smallest absolute Gasteiger partial charge is 0.277 e. The highest BCUT2D eigenvalue weighted by molar-refractivity contribution is 6.02. The highest BCUT2D eigenvalue weighted by atomic mass is 16.2. The number of aromatic nitrogens is 4. The van der Waals surface area contributed by atoms with Gasteiger partial charge in [-0.05, 0) is 13.8 Å². The van der Waals surface area contributed by atoms with E-state index in [1.807, 2.05) is 13.8 Å². The van der Waals surface area contributed by atoms with Gasteiger partial charge < -0.3 is 15.6 Å². The first-order chi connectivity index (χ1) is 8.61. The molecule has 2 aromatic heterocycles. The number of rotatable bonds is 4. The molecule has 0 aliphatic carbocycles. The lowest BCUT2D eigenvalue weighted by molar-refractivity contribution is 0.102. The molecule has 0 bridgehead atoms. The lowest BCUT2D eigenvalue weighted by Crippen LogP contribution is -2.13. The standard InChI is InChI=1S/C11H16N6O/c1-7-8(2)15-16-10(7)14-11(18)9-5-17(4-3-12)6-13-9/h5-6H,3-4,12H2,1-2H3,(H2,14,15,16,18). The molecule has 0 saturated heterocycles. The fraction of sp³-hybridized carbons (Fsp3) is 0.364. The van der Waals surface area contributed by atoms with Gasteiger partial charge in [0.1, 0.15) is 5.69 Å². The maximum Gasteiger partial charge on any atom is 0.277 e. The minimum absolute atomic E-state index is 0.277. The van der Waals surface area contributed by atoms with E-state index in [2.05, 4.69) is 20.5 Å². The van der Waals surface area contributed by atoms with Crippen LogP contribution in [-0.4, -0.2) is 32.2 Å². The molecule has 7 nitrogen and oxygen atoms in total. The predicted octanol–water partition coefficient (Wildman–Crippen LogP) is 0.434. The Morgan fingerprint density at radius 3 is 2.94 bits per heavy atom. The number of hydrogen-bond donors (Lipinski definition) is 3. The molecule has 0 aromatic carbocycles. The monoisotopic (exact) mass is 248 g/mol. The molecule has 2 heterocycles. The molecule has 7 heteroatoms. The van der Waals surface area contributed by atoms with E-state index in [0.29, 0.717) is 24.6 Å². The fourth-order valence-electron chi connectivity index (χ4n) is 1.53. The van der Waals surface area contributed by atoms with Crippen molar-refractivity contribution in [2.24, 2.45) is 5.73 Å². The van der Waals surface area contributed by atoms with Gasteiger partial charge in [-0.2, -0.15) is 5.10 Å². The number of amides is 1. The van der Waals surface area contributed by atoms with Crippen molar-refractivity contribution in [2.45, 2.75) is 20.4 Å². The van der Waals surface area contributed by atoms with Crippen LogP contribution in [0.3, 0.4) is 0 Å². The van der Waals surface area contributed by atoms with Crippen molar-refractivity contribution in [2.75, 3.05) is 11.9 Å². The van der Waals surface area contributed by atoms with Crippen molar-refractivity contribution in [1.29, 1.82) is 0 Å². The summed E-state index contributed by atoms with van der Waals surface area (Å²) in [6.07, 6.45) is 3.25. The van der Waals surface area contributed by atoms with Crippen molar-refractivity contribution in [1.82, 2.24) is 19.7 Å². The van der Waals surface area contributed by atoms with Crippen molar-refractivity contribution in [3.63, 3.8) is 0 Å². The third kappa shape index (κ3) is 2.40. The second-order valence-electron chi connectivity index (χ2n) is 4.06. The van der Waals surface area contributed by atoms with Crippen LogP contribution in [0, 0.1) is 13.8 Å². The molecule has 18 heavy (non-hydrogen) atoms. The molecule has 0 radical (unpaired) electrons. The second-order valence-corrected chi connectivity index (χ2v) is 4.06. The predicted molar refractivity (Wildman–Crippen MR) is 67.3 cm³/mol. The van der Waals surface area contributed by atoms with Crippen LogP contribution in [0.25, 0.3) is 0 Å². The van der Waals surface area contributed by atoms with E-state index in [-0.39, 0.29) is 5.91 Å². The molecule has 0 unspecified atom stereocenters. The van der Waals surface area contributed by atoms with E-state index >= 15 is 0 Å². The summed E-state index contributed by atoms with van der Waals surface area (Å²) in [5.74, 6) is 0.256. The SMILES string of the molecule is Cc1[nH]nc(NC(=O)c2cn(CCN)cn2)c1C. The van der Waals surface area contributed by atoms with Gasteiger partial charge in [-0.1, -0.05) is 0 Å². The first-order valence-corrected chi connectivity index (χ1v) is 5.66. The Hall–Kier alpha value is -2.15. The molecule has 0 aliphatic rings. The number of imidazole rings is 1. The van der Waals surface area contributed by atoms with Crippen LogP contribution in [0.15, 0.2) is 12.5 Å². The zero-order valence-corrected chi connectivity index (χ0v) is 10.4. The number of nitrogens with two attached hydrogens (primary N) is 1. The van der Waals surface area contributed by atoms with E-state index in [1.54, 1.807) is 17.1 Å². The number of aromatic amines is 1. The summed E-state index contributed by atoms with van der Waals surface area (Å²) in [6, 6.07) is 0. The van der Waals surface area contributed by atoms with E-state index in [0.717, 1.165) is 11.3 Å². The molecule has 1 amide bonds. The third-order valence-electron chi connectivity index (χ3n) is 2.74. The van der Waals surface area contributed by atoms with Crippen LogP contribution in [0.2, 0.25) is 0 Å². The second kappa shape index (κ2) is 5.01. The van der Waals surface area contributed by atoms with E-state index in [9.17, 15) is 4.79 Å². The zero-order valence-electron chi connectivity index (χ0n) is 10.4. The Labute approximate surface area is 104 Å². The molecular weight excluding hydrogens is 232 g/mol. The number of hydrogen-bond acceptors (Lipinski definition) is 4. The summed E-state index contributed by atoms with van der Waals surface area (Å²) in [4.78, 5) is 15.9.